The lowest BCUT2D eigenvalue weighted by Gasteiger charge is -2.32. The maximum Gasteiger partial charge on any atom is 0.244 e. The smallest absolute Gasteiger partial charge is 0.244 e. The molecule has 1 amide bonds. The molecule has 5 nitrogen and oxygen atoms in total. The van der Waals surface area contributed by atoms with E-state index >= 15 is 0 Å². The van der Waals surface area contributed by atoms with Gasteiger partial charge in [0.25, 0.3) is 0 Å². The highest BCUT2D eigenvalue weighted by Gasteiger charge is 2.36. The molecule has 0 saturated carbocycles. The zero-order chi connectivity index (χ0) is 13.9. The molecule has 1 aliphatic rings. The summed E-state index contributed by atoms with van der Waals surface area (Å²) in [7, 11) is 0. The van der Waals surface area contributed by atoms with Gasteiger partial charge in [0.2, 0.25) is 5.91 Å². The molecule has 1 aromatic rings. The lowest BCUT2D eigenvalue weighted by molar-refractivity contribution is -0.124. The molecule has 100 valence electrons. The third-order valence-electron chi connectivity index (χ3n) is 3.45. The maximum atomic E-state index is 12.3. The van der Waals surface area contributed by atoms with Crippen molar-refractivity contribution in [3.8, 4) is 6.07 Å². The Morgan fingerprint density at radius 3 is 2.79 bits per heavy atom. The molecule has 0 unspecified atom stereocenters. The molecule has 0 radical (unpaired) electrons. The van der Waals surface area contributed by atoms with Gasteiger partial charge in [-0.3, -0.25) is 4.79 Å². The van der Waals surface area contributed by atoms with Crippen LogP contribution in [0.15, 0.2) is 18.2 Å². The Kier molecular flexibility index (Phi) is 3.84. The number of nitrogens with two attached hydrogens (primary N) is 1. The van der Waals surface area contributed by atoms with Crippen LogP contribution in [0.3, 0.4) is 0 Å². The second-order valence-corrected chi connectivity index (χ2v) is 4.86. The van der Waals surface area contributed by atoms with Gasteiger partial charge in [-0.1, -0.05) is 6.07 Å². The van der Waals surface area contributed by atoms with E-state index in [4.69, 9.17) is 15.7 Å². The molecule has 0 aliphatic carbocycles. The average Bonchev–Trinajstić information content (AvgIpc) is 2.42. The number of rotatable bonds is 2. The zero-order valence-electron chi connectivity index (χ0n) is 10.9. The van der Waals surface area contributed by atoms with Crippen molar-refractivity contribution in [3.63, 3.8) is 0 Å². The van der Waals surface area contributed by atoms with Gasteiger partial charge in [-0.15, -0.1) is 0 Å². The van der Waals surface area contributed by atoms with E-state index in [9.17, 15) is 4.79 Å². The van der Waals surface area contributed by atoms with Crippen LogP contribution in [0.1, 0.15) is 24.0 Å². The summed E-state index contributed by atoms with van der Waals surface area (Å²) in [6.45, 7) is 2.88. The monoisotopic (exact) mass is 259 g/mol. The molecule has 1 aromatic carbocycles. The fourth-order valence-electron chi connectivity index (χ4n) is 2.04. The molecule has 3 N–H and O–H groups in total. The first kappa shape index (κ1) is 13.5. The fourth-order valence-corrected chi connectivity index (χ4v) is 2.04. The summed E-state index contributed by atoms with van der Waals surface area (Å²) in [6, 6.07) is 7.24. The highest BCUT2D eigenvalue weighted by atomic mass is 16.5. The molecule has 0 spiro atoms. The second kappa shape index (κ2) is 5.39. The summed E-state index contributed by atoms with van der Waals surface area (Å²) in [4.78, 5) is 12.3. The third kappa shape index (κ3) is 2.92. The Morgan fingerprint density at radius 1 is 1.47 bits per heavy atom. The highest BCUT2D eigenvalue weighted by Crippen LogP contribution is 2.22. The van der Waals surface area contributed by atoms with Crippen LogP contribution in [0.2, 0.25) is 0 Å². The van der Waals surface area contributed by atoms with Crippen molar-refractivity contribution in [3.05, 3.63) is 29.3 Å². The summed E-state index contributed by atoms with van der Waals surface area (Å²) < 4.78 is 5.22. The van der Waals surface area contributed by atoms with Crippen molar-refractivity contribution < 1.29 is 9.53 Å². The van der Waals surface area contributed by atoms with Gasteiger partial charge < -0.3 is 15.8 Å². The van der Waals surface area contributed by atoms with Gasteiger partial charge in [-0.2, -0.15) is 5.26 Å². The number of benzene rings is 1. The van der Waals surface area contributed by atoms with Crippen LogP contribution in [0.4, 0.5) is 5.69 Å². The molecular formula is C14H17N3O2. The SMILES string of the molecule is Cc1ccc(C#N)cc1NC(=O)C1(N)CCOCC1. The Morgan fingerprint density at radius 2 is 2.16 bits per heavy atom. The number of nitrogens with zero attached hydrogens (tertiary/aromatic N) is 1. The van der Waals surface area contributed by atoms with Gasteiger partial charge in [0.05, 0.1) is 11.6 Å². The first-order valence-corrected chi connectivity index (χ1v) is 6.24. The second-order valence-electron chi connectivity index (χ2n) is 4.86. The van der Waals surface area contributed by atoms with E-state index < -0.39 is 5.54 Å². The minimum absolute atomic E-state index is 0.214. The number of amides is 1. The van der Waals surface area contributed by atoms with Crippen molar-refractivity contribution in [1.82, 2.24) is 0 Å². The number of hydrogen-bond acceptors (Lipinski definition) is 4. The van der Waals surface area contributed by atoms with Crippen LogP contribution in [0, 0.1) is 18.3 Å². The lowest BCUT2D eigenvalue weighted by atomic mass is 9.90. The molecule has 5 heteroatoms. The van der Waals surface area contributed by atoms with Crippen LogP contribution >= 0.6 is 0 Å². The molecule has 1 heterocycles. The summed E-state index contributed by atoms with van der Waals surface area (Å²) in [6.07, 6.45) is 1.02. The predicted octanol–water partition coefficient (Wildman–Crippen LogP) is 1.31. The number of aryl methyl sites for hydroxylation is 1. The van der Waals surface area contributed by atoms with Crippen LogP contribution in [0.25, 0.3) is 0 Å². The number of nitrogens with one attached hydrogen (secondary N) is 1. The number of hydrogen-bond donors (Lipinski definition) is 2. The van der Waals surface area contributed by atoms with Crippen LogP contribution in [-0.2, 0) is 9.53 Å². The summed E-state index contributed by atoms with van der Waals surface area (Å²) in [5, 5.41) is 11.7. The molecule has 0 atom stereocenters. The average molecular weight is 259 g/mol. The van der Waals surface area contributed by atoms with Gasteiger partial charge in [-0.05, 0) is 37.5 Å². The molecule has 2 rings (SSSR count). The van der Waals surface area contributed by atoms with E-state index in [0.717, 1.165) is 5.56 Å². The van der Waals surface area contributed by atoms with E-state index in [1.807, 2.05) is 6.92 Å². The Labute approximate surface area is 112 Å². The van der Waals surface area contributed by atoms with E-state index in [1.165, 1.54) is 0 Å². The Hall–Kier alpha value is -1.90. The maximum absolute atomic E-state index is 12.3. The number of ether oxygens (including phenoxy) is 1. The van der Waals surface area contributed by atoms with Crippen molar-refractivity contribution in [2.45, 2.75) is 25.3 Å². The van der Waals surface area contributed by atoms with Crippen LogP contribution in [0.5, 0.6) is 0 Å². The van der Waals surface area contributed by atoms with Crippen LogP contribution < -0.4 is 11.1 Å². The van der Waals surface area contributed by atoms with E-state index in [-0.39, 0.29) is 5.91 Å². The molecule has 0 aromatic heterocycles. The van der Waals surface area contributed by atoms with E-state index in [2.05, 4.69) is 11.4 Å². The normalized spacial score (nSPS) is 17.5. The molecule has 1 fully saturated rings. The van der Waals surface area contributed by atoms with Gasteiger partial charge in [0.1, 0.15) is 5.54 Å². The molecule has 0 bridgehead atoms. The Balaban J connectivity index is 2.16. The van der Waals surface area contributed by atoms with Gasteiger partial charge in [0, 0.05) is 18.9 Å². The third-order valence-corrected chi connectivity index (χ3v) is 3.45. The summed E-state index contributed by atoms with van der Waals surface area (Å²) in [5.74, 6) is -0.214. The largest absolute Gasteiger partial charge is 0.381 e. The van der Waals surface area contributed by atoms with Crippen molar-refractivity contribution >= 4 is 11.6 Å². The minimum atomic E-state index is -0.882. The minimum Gasteiger partial charge on any atom is -0.381 e. The number of carbonyl (C=O) groups is 1. The summed E-state index contributed by atoms with van der Waals surface area (Å²) >= 11 is 0. The molecule has 19 heavy (non-hydrogen) atoms. The number of carbonyl (C=O) groups excluding carboxylic acids is 1. The first-order chi connectivity index (χ1) is 9.05. The fraction of sp³-hybridized carbons (Fsp3) is 0.429. The molecule has 1 aliphatic heterocycles. The van der Waals surface area contributed by atoms with Crippen molar-refractivity contribution in [1.29, 1.82) is 5.26 Å². The molecule has 1 saturated heterocycles. The van der Waals surface area contributed by atoms with Gasteiger partial charge in [-0.25, -0.2) is 0 Å². The first-order valence-electron chi connectivity index (χ1n) is 6.24. The predicted molar refractivity (Wildman–Crippen MR) is 71.5 cm³/mol. The number of nitriles is 1. The van der Waals surface area contributed by atoms with Crippen molar-refractivity contribution in [2.75, 3.05) is 18.5 Å². The topological polar surface area (TPSA) is 88.1 Å². The van der Waals surface area contributed by atoms with E-state index in [0.29, 0.717) is 37.3 Å². The van der Waals surface area contributed by atoms with E-state index in [1.54, 1.807) is 18.2 Å². The quantitative estimate of drug-likeness (QED) is 0.838. The van der Waals surface area contributed by atoms with Gasteiger partial charge >= 0.3 is 0 Å². The lowest BCUT2D eigenvalue weighted by Crippen LogP contribution is -2.54. The molecular weight excluding hydrogens is 242 g/mol. The van der Waals surface area contributed by atoms with Gasteiger partial charge in [0.15, 0.2) is 0 Å². The standard InChI is InChI=1S/C14H17N3O2/c1-10-2-3-11(9-15)8-12(10)17-13(18)14(16)4-6-19-7-5-14/h2-3,8H,4-7,16H2,1H3,(H,17,18). The van der Waals surface area contributed by atoms with Crippen LogP contribution in [-0.4, -0.2) is 24.7 Å². The van der Waals surface area contributed by atoms with Crippen molar-refractivity contribution in [2.24, 2.45) is 5.73 Å². The zero-order valence-corrected chi connectivity index (χ0v) is 10.9. The highest BCUT2D eigenvalue weighted by molar-refractivity contribution is 5.98. The Bertz CT molecular complexity index is 528. The summed E-state index contributed by atoms with van der Waals surface area (Å²) in [5.41, 5.74) is 7.29. The number of anilines is 1.